The maximum Gasteiger partial charge on any atom is 0.414 e. The molecule has 7 heteroatoms. The summed E-state index contributed by atoms with van der Waals surface area (Å²) < 4.78 is 31.1. The highest BCUT2D eigenvalue weighted by Gasteiger charge is 2.35. The van der Waals surface area contributed by atoms with Crippen LogP contribution in [0.25, 0.3) is 0 Å². The van der Waals surface area contributed by atoms with Gasteiger partial charge in [-0.1, -0.05) is 15.9 Å². The summed E-state index contributed by atoms with van der Waals surface area (Å²) in [5.41, 5.74) is 0. The molecule has 0 aliphatic rings. The largest absolute Gasteiger partial charge is 0.414 e. The standard InChI is InChI=1S/C5H8O2.C2HBrClF3/c6-4-2-1-3-5-7;3-1(4)2(5,6)7/h4-5H,1-3H2;1H. The normalized spacial score (nSPS) is 12.4. The van der Waals surface area contributed by atoms with Crippen LogP contribution >= 0.6 is 27.5 Å². The zero-order valence-electron chi connectivity index (χ0n) is 7.06. The van der Waals surface area contributed by atoms with Gasteiger partial charge in [0.2, 0.25) is 0 Å². The fourth-order valence-corrected chi connectivity index (χ4v) is 0.285. The van der Waals surface area contributed by atoms with Crippen LogP contribution in [0.1, 0.15) is 19.3 Å². The second-order valence-corrected chi connectivity index (χ2v) is 3.99. The maximum absolute atomic E-state index is 11.0. The SMILES string of the molecule is FC(F)(F)C(Cl)Br.O=CCCCC=O. The Hall–Kier alpha value is -0.100. The number of aldehydes is 2. The highest BCUT2D eigenvalue weighted by molar-refractivity contribution is 9.10. The smallest absolute Gasteiger partial charge is 0.303 e. The first kappa shape index (κ1) is 16.3. The third-order valence-electron chi connectivity index (χ3n) is 0.891. The molecule has 0 saturated heterocycles. The lowest BCUT2D eigenvalue weighted by molar-refractivity contribution is -0.112. The molecule has 0 saturated carbocycles. The lowest BCUT2D eigenvalue weighted by Gasteiger charge is -2.03. The Morgan fingerprint density at radius 2 is 1.50 bits per heavy atom. The summed E-state index contributed by atoms with van der Waals surface area (Å²) >= 11 is 6.68. The minimum Gasteiger partial charge on any atom is -0.303 e. The predicted octanol–water partition coefficient (Wildman–Crippen LogP) is 3.06. The van der Waals surface area contributed by atoms with Gasteiger partial charge in [0.1, 0.15) is 12.6 Å². The summed E-state index contributed by atoms with van der Waals surface area (Å²) in [6, 6.07) is 0. The molecule has 0 amide bonds. The van der Waals surface area contributed by atoms with Crippen LogP contribution in [0.4, 0.5) is 13.2 Å². The van der Waals surface area contributed by atoms with Crippen molar-refractivity contribution in [1.29, 1.82) is 0 Å². The number of hydrogen-bond acceptors (Lipinski definition) is 2. The van der Waals surface area contributed by atoms with Gasteiger partial charge in [0, 0.05) is 12.8 Å². The maximum atomic E-state index is 11.0. The van der Waals surface area contributed by atoms with E-state index in [1.54, 1.807) is 0 Å². The van der Waals surface area contributed by atoms with E-state index in [9.17, 15) is 22.8 Å². The van der Waals surface area contributed by atoms with E-state index < -0.39 is 10.5 Å². The van der Waals surface area contributed by atoms with Crippen LogP contribution in [0, 0.1) is 0 Å². The van der Waals surface area contributed by atoms with E-state index in [2.05, 4.69) is 27.5 Å². The van der Waals surface area contributed by atoms with E-state index in [1.165, 1.54) is 0 Å². The number of alkyl halides is 5. The van der Waals surface area contributed by atoms with E-state index in [4.69, 9.17) is 0 Å². The van der Waals surface area contributed by atoms with E-state index >= 15 is 0 Å². The van der Waals surface area contributed by atoms with Crippen LogP contribution < -0.4 is 0 Å². The van der Waals surface area contributed by atoms with Crippen LogP contribution in [0.3, 0.4) is 0 Å². The van der Waals surface area contributed by atoms with E-state index in [-0.39, 0.29) is 0 Å². The number of carbonyl (C=O) groups excluding carboxylic acids is 2. The van der Waals surface area contributed by atoms with Gasteiger partial charge in [0.25, 0.3) is 0 Å². The van der Waals surface area contributed by atoms with Gasteiger partial charge >= 0.3 is 6.18 Å². The van der Waals surface area contributed by atoms with Crippen molar-refractivity contribution in [2.75, 3.05) is 0 Å². The Morgan fingerprint density at radius 1 is 1.21 bits per heavy atom. The third kappa shape index (κ3) is 14.4. The molecular formula is C7H9BrClF3O2. The zero-order chi connectivity index (χ0) is 11.6. The Balaban J connectivity index is 0. The average molecular weight is 297 g/mol. The van der Waals surface area contributed by atoms with Gasteiger partial charge < -0.3 is 9.59 Å². The molecule has 0 radical (unpaired) electrons. The molecule has 2 nitrogen and oxygen atoms in total. The molecule has 1 unspecified atom stereocenters. The molecule has 0 bridgehead atoms. The Bertz CT molecular complexity index is 154. The fraction of sp³-hybridized carbons (Fsp3) is 0.714. The lowest BCUT2D eigenvalue weighted by atomic mass is 10.3. The molecule has 0 N–H and O–H groups in total. The summed E-state index contributed by atoms with van der Waals surface area (Å²) in [5.74, 6) is 0. The monoisotopic (exact) mass is 296 g/mol. The van der Waals surface area contributed by atoms with Crippen molar-refractivity contribution in [3.63, 3.8) is 0 Å². The minimum absolute atomic E-state index is 0.513. The quantitative estimate of drug-likeness (QED) is 0.454. The fourth-order valence-electron chi connectivity index (χ4n) is 0.285. The Labute approximate surface area is 92.9 Å². The first-order valence-electron chi connectivity index (χ1n) is 3.58. The summed E-state index contributed by atoms with van der Waals surface area (Å²) in [6.07, 6.45) is -0.945. The molecule has 0 fully saturated rings. The molecule has 1 atom stereocenters. The van der Waals surface area contributed by atoms with Gasteiger partial charge in [-0.2, -0.15) is 13.2 Å². The molecule has 0 rings (SSSR count). The lowest BCUT2D eigenvalue weighted by Crippen LogP contribution is -2.16. The number of hydrogen-bond donors (Lipinski definition) is 0. The molecule has 0 aliphatic carbocycles. The van der Waals surface area contributed by atoms with Gasteiger partial charge in [-0.25, -0.2) is 0 Å². The minimum atomic E-state index is -4.32. The van der Waals surface area contributed by atoms with Crippen molar-refractivity contribution < 1.29 is 22.8 Å². The van der Waals surface area contributed by atoms with Crippen LogP contribution in [0.15, 0.2) is 0 Å². The van der Waals surface area contributed by atoms with Crippen molar-refractivity contribution in [2.24, 2.45) is 0 Å². The second-order valence-electron chi connectivity index (χ2n) is 2.11. The number of halogens is 5. The van der Waals surface area contributed by atoms with Crippen LogP contribution in [-0.4, -0.2) is 23.0 Å². The van der Waals surface area contributed by atoms with Crippen molar-refractivity contribution in [3.05, 3.63) is 0 Å². The first-order chi connectivity index (χ1) is 6.36. The van der Waals surface area contributed by atoms with E-state index in [0.717, 1.165) is 12.6 Å². The summed E-state index contributed by atoms with van der Waals surface area (Å²) in [7, 11) is 0. The highest BCUT2D eigenvalue weighted by atomic mass is 79.9. The van der Waals surface area contributed by atoms with Crippen LogP contribution in [-0.2, 0) is 9.59 Å². The first-order valence-corrected chi connectivity index (χ1v) is 4.93. The van der Waals surface area contributed by atoms with E-state index in [0.29, 0.717) is 19.3 Å². The molecule has 0 aliphatic heterocycles. The van der Waals surface area contributed by atoms with Crippen molar-refractivity contribution in [2.45, 2.75) is 29.7 Å². The van der Waals surface area contributed by atoms with Crippen molar-refractivity contribution >= 4 is 40.1 Å². The Kier molecular flexibility index (Phi) is 11.0. The van der Waals surface area contributed by atoms with E-state index in [1.807, 2.05) is 0 Å². The van der Waals surface area contributed by atoms with Crippen LogP contribution in [0.2, 0.25) is 0 Å². The molecule has 84 valence electrons. The summed E-state index contributed by atoms with van der Waals surface area (Å²) in [6.45, 7) is 0. The molecular weight excluding hydrogens is 288 g/mol. The van der Waals surface area contributed by atoms with Crippen LogP contribution in [0.5, 0.6) is 0 Å². The molecule has 14 heavy (non-hydrogen) atoms. The van der Waals surface area contributed by atoms with Gasteiger partial charge in [-0.15, -0.1) is 11.6 Å². The average Bonchev–Trinajstić information content (AvgIpc) is 2.05. The molecule has 0 heterocycles. The second kappa shape index (κ2) is 9.45. The molecule has 0 aromatic rings. The number of carbonyl (C=O) groups is 2. The topological polar surface area (TPSA) is 34.1 Å². The third-order valence-corrected chi connectivity index (χ3v) is 1.66. The van der Waals surface area contributed by atoms with Crippen molar-refractivity contribution in [3.8, 4) is 0 Å². The molecule has 0 aromatic heterocycles. The molecule has 0 aromatic carbocycles. The number of unbranched alkanes of at least 4 members (excludes halogenated alkanes) is 2. The van der Waals surface area contributed by atoms with Gasteiger partial charge in [0.15, 0.2) is 4.29 Å². The number of rotatable bonds is 4. The van der Waals surface area contributed by atoms with Gasteiger partial charge in [-0.05, 0) is 6.42 Å². The molecule has 0 spiro atoms. The summed E-state index contributed by atoms with van der Waals surface area (Å²) in [5, 5.41) is 0. The highest BCUT2D eigenvalue weighted by Crippen LogP contribution is 2.28. The van der Waals surface area contributed by atoms with Crippen molar-refractivity contribution in [1.82, 2.24) is 0 Å². The van der Waals surface area contributed by atoms with Gasteiger partial charge in [-0.3, -0.25) is 0 Å². The predicted molar refractivity (Wildman–Crippen MR) is 50.6 cm³/mol. The van der Waals surface area contributed by atoms with Gasteiger partial charge in [0.05, 0.1) is 0 Å². The zero-order valence-corrected chi connectivity index (χ0v) is 9.40. The summed E-state index contributed by atoms with van der Waals surface area (Å²) in [4.78, 5) is 19.1. The Morgan fingerprint density at radius 3 is 1.64 bits per heavy atom.